The Kier molecular flexibility index (Phi) is 8.15. The van der Waals surface area contributed by atoms with Gasteiger partial charge in [0.05, 0.1) is 39.8 Å². The van der Waals surface area contributed by atoms with Crippen LogP contribution in [0.25, 0.3) is 32.9 Å². The third-order valence-corrected chi connectivity index (χ3v) is 14.2. The molecular formula is C43H42Cl2FN7O2. The van der Waals surface area contributed by atoms with Crippen molar-refractivity contribution in [3.05, 3.63) is 91.3 Å². The maximum atomic E-state index is 17.3. The lowest BCUT2D eigenvalue weighted by Gasteiger charge is -2.40. The highest BCUT2D eigenvalue weighted by molar-refractivity contribution is 6.43. The smallest absolute Gasteiger partial charge is 0.252 e. The predicted molar refractivity (Wildman–Crippen MR) is 213 cm³/mol. The predicted octanol–water partition coefficient (Wildman–Crippen LogP) is 7.80. The Hall–Kier alpha value is -4.43. The summed E-state index contributed by atoms with van der Waals surface area (Å²) in [7, 11) is 1.79. The van der Waals surface area contributed by atoms with Crippen molar-refractivity contribution in [3.8, 4) is 17.2 Å². The molecular weight excluding hydrogens is 736 g/mol. The first kappa shape index (κ1) is 35.0. The number of carbonyl (C=O) groups excluding carboxylic acids is 1. The Labute approximate surface area is 328 Å². The topological polar surface area (TPSA) is 99.2 Å². The second kappa shape index (κ2) is 12.8. The van der Waals surface area contributed by atoms with Crippen LogP contribution in [0.4, 0.5) is 10.1 Å². The van der Waals surface area contributed by atoms with E-state index in [1.165, 1.54) is 0 Å². The molecule has 4 bridgehead atoms. The van der Waals surface area contributed by atoms with E-state index in [0.717, 1.165) is 60.2 Å². The lowest BCUT2D eigenvalue weighted by Crippen LogP contribution is -2.45. The van der Waals surface area contributed by atoms with Crippen LogP contribution in [-0.4, -0.2) is 56.6 Å². The second-order valence-corrected chi connectivity index (χ2v) is 17.3. The molecule has 9 nitrogen and oxygen atoms in total. The number of aryl methyl sites for hydroxylation is 3. The normalized spacial score (nSPS) is 25.5. The number of likely N-dealkylation sites (tertiary alicyclic amines) is 1. The number of halogens is 3. The average molecular weight is 779 g/mol. The van der Waals surface area contributed by atoms with Crippen molar-refractivity contribution >= 4 is 56.6 Å². The average Bonchev–Trinajstić information content (AvgIpc) is 3.45. The zero-order valence-electron chi connectivity index (χ0n) is 31.1. The van der Waals surface area contributed by atoms with Gasteiger partial charge >= 0.3 is 0 Å². The summed E-state index contributed by atoms with van der Waals surface area (Å²) < 4.78 is 21.5. The number of amides is 1. The number of aromatic nitrogens is 3. The zero-order valence-corrected chi connectivity index (χ0v) is 32.6. The number of fused-ring (bicyclic) bond motifs is 6. The van der Waals surface area contributed by atoms with E-state index in [1.807, 2.05) is 19.9 Å². The van der Waals surface area contributed by atoms with Crippen molar-refractivity contribution in [2.45, 2.75) is 76.5 Å². The molecule has 4 saturated heterocycles. The zero-order chi connectivity index (χ0) is 38.0. The van der Waals surface area contributed by atoms with E-state index in [1.54, 1.807) is 35.9 Å². The Morgan fingerprint density at radius 3 is 2.60 bits per heavy atom. The van der Waals surface area contributed by atoms with Crippen LogP contribution in [0.15, 0.2) is 47.3 Å². The molecule has 1 amide bonds. The Morgan fingerprint density at radius 1 is 1.07 bits per heavy atom. The van der Waals surface area contributed by atoms with Gasteiger partial charge in [-0.3, -0.25) is 9.59 Å². The molecule has 55 heavy (non-hydrogen) atoms. The van der Waals surface area contributed by atoms with Gasteiger partial charge in [0.1, 0.15) is 5.52 Å². The number of carbonyl (C=O) groups is 1. The lowest BCUT2D eigenvalue weighted by molar-refractivity contribution is -0.135. The summed E-state index contributed by atoms with van der Waals surface area (Å²) in [6, 6.07) is 15.7. The monoisotopic (exact) mass is 777 g/mol. The highest BCUT2D eigenvalue weighted by Crippen LogP contribution is 2.54. The number of pyridine rings is 2. The van der Waals surface area contributed by atoms with Gasteiger partial charge < -0.3 is 24.3 Å². The van der Waals surface area contributed by atoms with E-state index in [2.05, 4.69) is 37.9 Å². The fourth-order valence-corrected chi connectivity index (χ4v) is 10.8. The summed E-state index contributed by atoms with van der Waals surface area (Å²) in [5.41, 5.74) is 6.21. The maximum Gasteiger partial charge on any atom is 0.252 e. The van der Waals surface area contributed by atoms with E-state index in [-0.39, 0.29) is 64.4 Å². The van der Waals surface area contributed by atoms with Crippen LogP contribution in [0.1, 0.15) is 66.8 Å². The summed E-state index contributed by atoms with van der Waals surface area (Å²) in [4.78, 5) is 36.9. The van der Waals surface area contributed by atoms with Gasteiger partial charge in [0.2, 0.25) is 5.91 Å². The van der Waals surface area contributed by atoms with Gasteiger partial charge in [0, 0.05) is 102 Å². The number of rotatable bonds is 7. The van der Waals surface area contributed by atoms with Gasteiger partial charge in [0.15, 0.2) is 5.82 Å². The molecule has 2 saturated carbocycles. The minimum atomic E-state index is -0.481. The van der Waals surface area contributed by atoms with E-state index in [9.17, 15) is 14.9 Å². The van der Waals surface area contributed by atoms with Gasteiger partial charge in [-0.1, -0.05) is 35.3 Å². The van der Waals surface area contributed by atoms with E-state index >= 15 is 4.39 Å². The molecule has 6 unspecified atom stereocenters. The molecule has 0 radical (unpaired) electrons. The van der Waals surface area contributed by atoms with E-state index in [0.29, 0.717) is 58.2 Å². The molecule has 11 rings (SSSR count). The molecule has 282 valence electrons. The molecule has 12 heteroatoms. The van der Waals surface area contributed by atoms with Gasteiger partial charge in [-0.15, -0.1) is 0 Å². The number of piperidine rings is 1. The number of benzene rings is 2. The number of hydrogen-bond donors (Lipinski definition) is 1. The molecule has 6 fully saturated rings. The van der Waals surface area contributed by atoms with Gasteiger partial charge in [0.25, 0.3) is 5.56 Å². The quantitative estimate of drug-likeness (QED) is 0.181. The molecule has 7 heterocycles. The molecule has 6 aliphatic rings. The third kappa shape index (κ3) is 5.29. The fourth-order valence-electron chi connectivity index (χ4n) is 10.4. The number of nitrogens with one attached hydrogen (secondary N) is 1. The highest BCUT2D eigenvalue weighted by atomic mass is 35.5. The van der Waals surface area contributed by atoms with Crippen LogP contribution in [0, 0.1) is 48.7 Å². The Morgan fingerprint density at radius 2 is 1.89 bits per heavy atom. The van der Waals surface area contributed by atoms with Gasteiger partial charge in [-0.2, -0.15) is 5.26 Å². The van der Waals surface area contributed by atoms with Gasteiger partial charge in [-0.05, 0) is 81.7 Å². The SMILES string of the molecule is Cc1nc2c(F)c(-c3cccc(Cl)c3Cl)c(CCC#N)cc2c2c1cc(C1C3CC(CN(c4cc(C)n(C)c(=O)c4)C3)N1C(=O)C1CC1)n2C1C2CNC1C2. The molecule has 3 aromatic heterocycles. The molecule has 5 aromatic rings. The minimum Gasteiger partial charge on any atom is -0.369 e. The van der Waals surface area contributed by atoms with Gasteiger partial charge in [-0.25, -0.2) is 9.37 Å². The molecule has 2 aromatic carbocycles. The van der Waals surface area contributed by atoms with Crippen LogP contribution in [0.3, 0.4) is 0 Å². The molecule has 1 N–H and O–H groups in total. The second-order valence-electron chi connectivity index (χ2n) is 16.6. The highest BCUT2D eigenvalue weighted by Gasteiger charge is 2.55. The van der Waals surface area contributed by atoms with Crippen LogP contribution in [0.5, 0.6) is 0 Å². The number of nitrogens with zero attached hydrogens (tertiary/aromatic N) is 6. The number of nitriles is 1. The molecule has 2 aliphatic carbocycles. The van der Waals surface area contributed by atoms with Crippen LogP contribution < -0.4 is 15.8 Å². The van der Waals surface area contributed by atoms with Crippen LogP contribution >= 0.6 is 23.2 Å². The summed E-state index contributed by atoms with van der Waals surface area (Å²) in [6.45, 7) is 6.19. The first-order valence-electron chi connectivity index (χ1n) is 19.5. The molecule has 0 spiro atoms. The largest absolute Gasteiger partial charge is 0.369 e. The first-order chi connectivity index (χ1) is 26.5. The summed E-state index contributed by atoms with van der Waals surface area (Å²) in [5, 5.41) is 15.6. The minimum absolute atomic E-state index is 0.0000814. The first-order valence-corrected chi connectivity index (χ1v) is 20.3. The Bertz CT molecular complexity index is 2560. The van der Waals surface area contributed by atoms with Crippen molar-refractivity contribution < 1.29 is 9.18 Å². The van der Waals surface area contributed by atoms with Crippen molar-refractivity contribution in [3.63, 3.8) is 0 Å². The van der Waals surface area contributed by atoms with E-state index in [4.69, 9.17) is 28.2 Å². The summed E-state index contributed by atoms with van der Waals surface area (Å²) in [6.07, 6.45) is 4.31. The standard InChI is InChI=1S/C43H42Cl2FN7O2/c1-21-12-27(16-35(54)50(21)3)51-19-26-13-28(20-51)52(43(55)23-9-10-23)41(26)34-17-30-22(2)49-39-31(42(30)53(34)40-25-15-33(40)48-18-25)14-24(6-5-11-47)36(38(39)46)29-7-4-8-32(44)37(29)45/h4,7-8,12,14,16-17,23,25-26,28,33,40-41,48H,5-6,9-10,13,15,18-20H2,1-3H3. The maximum absolute atomic E-state index is 17.3. The third-order valence-electron chi connectivity index (χ3n) is 13.4. The van der Waals surface area contributed by atoms with Crippen molar-refractivity contribution in [2.75, 3.05) is 24.5 Å². The lowest BCUT2D eigenvalue weighted by atomic mass is 9.79. The van der Waals surface area contributed by atoms with Crippen molar-refractivity contribution in [2.24, 2.45) is 24.8 Å². The molecule has 4 aliphatic heterocycles. The van der Waals surface area contributed by atoms with Crippen LogP contribution in [-0.2, 0) is 18.3 Å². The summed E-state index contributed by atoms with van der Waals surface area (Å²) in [5.74, 6) is 0.311. The fraction of sp³-hybridized carbons (Fsp3) is 0.442. The van der Waals surface area contributed by atoms with Crippen molar-refractivity contribution in [1.82, 2.24) is 24.3 Å². The number of hydrogen-bond acceptors (Lipinski definition) is 6. The van der Waals surface area contributed by atoms with Crippen LogP contribution in [0.2, 0.25) is 10.0 Å². The van der Waals surface area contributed by atoms with E-state index < -0.39 is 5.82 Å². The summed E-state index contributed by atoms with van der Waals surface area (Å²) >= 11 is 13.2. The molecule has 6 atom stereocenters. The van der Waals surface area contributed by atoms with Crippen molar-refractivity contribution in [1.29, 1.82) is 5.26 Å². The Balaban J connectivity index is 1.20. The number of anilines is 1.